The van der Waals surface area contributed by atoms with Gasteiger partial charge in [0.1, 0.15) is 44.0 Å². The molecule has 0 atom stereocenters. The van der Waals surface area contributed by atoms with Gasteiger partial charge in [0.05, 0.1) is 18.6 Å². The molecule has 4 aromatic rings. The Hall–Kier alpha value is -4.60. The van der Waals surface area contributed by atoms with Crippen molar-refractivity contribution in [3.8, 4) is 17.2 Å². The fourth-order valence-electron chi connectivity index (χ4n) is 3.90. The van der Waals surface area contributed by atoms with E-state index in [0.29, 0.717) is 16.5 Å². The average Bonchev–Trinajstić information content (AvgIpc) is 2.95. The molecule has 0 spiro atoms. The van der Waals surface area contributed by atoms with E-state index >= 15 is 0 Å². The number of hydrogen-bond acceptors (Lipinski definition) is 12. The van der Waals surface area contributed by atoms with Crippen LogP contribution in [-0.2, 0) is 20.0 Å². The van der Waals surface area contributed by atoms with Gasteiger partial charge in [-0.1, -0.05) is 19.1 Å². The van der Waals surface area contributed by atoms with Crippen molar-refractivity contribution >= 4 is 59.2 Å². The van der Waals surface area contributed by atoms with E-state index in [1.54, 1.807) is 25.2 Å². The van der Waals surface area contributed by atoms with Crippen molar-refractivity contribution in [1.82, 2.24) is 0 Å². The van der Waals surface area contributed by atoms with E-state index in [2.05, 4.69) is 25.8 Å². The van der Waals surface area contributed by atoms with Gasteiger partial charge in [-0.3, -0.25) is 4.55 Å². The number of azo groups is 2. The molecule has 13 nitrogen and oxygen atoms in total. The molecule has 0 fully saturated rings. The van der Waals surface area contributed by atoms with E-state index in [1.807, 2.05) is 0 Å². The molecular weight excluding hydrogens is 574 g/mol. The maximum Gasteiger partial charge on any atom is 0.296 e. The molecule has 41 heavy (non-hydrogen) atoms. The number of hydrogen-bond donors (Lipinski definition) is 4. The highest BCUT2D eigenvalue weighted by atomic mass is 32.2. The molecule has 0 unspecified atom stereocenters. The molecule has 4 N–H and O–H groups in total. The molecule has 0 heterocycles. The van der Waals surface area contributed by atoms with Gasteiger partial charge in [-0.2, -0.15) is 8.42 Å². The molecule has 0 bridgehead atoms. The number of methoxy groups -OCH3 is 1. The van der Waals surface area contributed by atoms with Crippen LogP contribution in [0, 0.1) is 0 Å². The average molecular weight is 600 g/mol. The predicted octanol–water partition coefficient (Wildman–Crippen LogP) is 6.17. The molecular formula is C26H25N5O8S2. The number of nitrogens with zero attached hydrogens (tertiary/aromatic N) is 4. The van der Waals surface area contributed by atoms with E-state index in [1.165, 1.54) is 50.4 Å². The topological polar surface area (TPSA) is 200 Å². The number of fused-ring (bicyclic) bond motifs is 1. The van der Waals surface area contributed by atoms with Crippen LogP contribution in [0.2, 0.25) is 0 Å². The van der Waals surface area contributed by atoms with Crippen molar-refractivity contribution < 1.29 is 36.3 Å². The second-order valence-corrected chi connectivity index (χ2v) is 12.1. The summed E-state index contributed by atoms with van der Waals surface area (Å²) in [6, 6.07) is 14.1. The van der Waals surface area contributed by atoms with Crippen molar-refractivity contribution in [2.45, 2.75) is 16.7 Å². The monoisotopic (exact) mass is 599 g/mol. The number of ether oxygens (including phenoxy) is 1. The molecule has 15 heteroatoms. The quantitative estimate of drug-likeness (QED) is 0.128. The largest absolute Gasteiger partial charge is 0.506 e. The first-order valence-electron chi connectivity index (χ1n) is 11.9. The minimum Gasteiger partial charge on any atom is -0.506 e. The van der Waals surface area contributed by atoms with Gasteiger partial charge in [0.15, 0.2) is 15.6 Å². The lowest BCUT2D eigenvalue weighted by Crippen LogP contribution is -2.05. The zero-order chi connectivity index (χ0) is 29.9. The van der Waals surface area contributed by atoms with Crippen LogP contribution in [0.3, 0.4) is 0 Å². The number of aromatic hydroxyl groups is 2. The van der Waals surface area contributed by atoms with Gasteiger partial charge in [-0.15, -0.1) is 20.5 Å². The smallest absolute Gasteiger partial charge is 0.296 e. The van der Waals surface area contributed by atoms with Gasteiger partial charge in [-0.05, 0) is 36.4 Å². The molecule has 4 aromatic carbocycles. The highest BCUT2D eigenvalue weighted by Crippen LogP contribution is 2.44. The van der Waals surface area contributed by atoms with Crippen LogP contribution in [0.4, 0.5) is 28.4 Å². The van der Waals surface area contributed by atoms with E-state index in [4.69, 9.17) is 4.74 Å². The second-order valence-electron chi connectivity index (χ2n) is 8.48. The molecule has 0 aliphatic carbocycles. The van der Waals surface area contributed by atoms with Crippen molar-refractivity contribution in [2.75, 3.05) is 25.2 Å². The first-order chi connectivity index (χ1) is 19.4. The maximum absolute atomic E-state index is 12.3. The fraction of sp³-hybridized carbons (Fsp3) is 0.154. The number of sulfone groups is 1. The first-order valence-corrected chi connectivity index (χ1v) is 15.0. The Kier molecular flexibility index (Phi) is 8.23. The van der Waals surface area contributed by atoms with Crippen molar-refractivity contribution in [3.63, 3.8) is 0 Å². The standard InChI is InChI=1S/C26H25N5O8S2/c1-4-40(34,35)24-14-21(32)20(13-22(24)39-3)30-29-19-12-9-15-16(26(19)33)10-11-18(27-2)25(15)31-28-17-7-5-6-8-23(17)41(36,37)38/h5-14,27,32-33H,4H2,1-3H3,(H,36,37,38). The van der Waals surface area contributed by atoms with Crippen molar-refractivity contribution in [1.29, 1.82) is 0 Å². The fourth-order valence-corrected chi connectivity index (χ4v) is 5.57. The number of benzene rings is 4. The summed E-state index contributed by atoms with van der Waals surface area (Å²) >= 11 is 0. The normalized spacial score (nSPS) is 12.4. The van der Waals surface area contributed by atoms with Crippen LogP contribution in [0.25, 0.3) is 10.8 Å². The van der Waals surface area contributed by atoms with Gasteiger partial charge in [0.25, 0.3) is 10.1 Å². The highest BCUT2D eigenvalue weighted by Gasteiger charge is 2.21. The number of phenols is 2. The molecule has 0 amide bonds. The van der Waals surface area contributed by atoms with Crippen molar-refractivity contribution in [3.05, 3.63) is 60.7 Å². The Morgan fingerprint density at radius 1 is 0.805 bits per heavy atom. The lowest BCUT2D eigenvalue weighted by Gasteiger charge is -2.11. The zero-order valence-corrected chi connectivity index (χ0v) is 23.6. The summed E-state index contributed by atoms with van der Waals surface area (Å²) in [5.74, 6) is -0.946. The Balaban J connectivity index is 1.78. The molecule has 4 rings (SSSR count). The summed E-state index contributed by atoms with van der Waals surface area (Å²) in [6.07, 6.45) is 0. The summed E-state index contributed by atoms with van der Waals surface area (Å²) in [5.41, 5.74) is 0.631. The maximum atomic E-state index is 12.3. The Morgan fingerprint density at radius 2 is 1.46 bits per heavy atom. The minimum atomic E-state index is -4.54. The summed E-state index contributed by atoms with van der Waals surface area (Å²) in [5, 5.41) is 41.3. The lowest BCUT2D eigenvalue weighted by molar-refractivity contribution is 0.399. The van der Waals surface area contributed by atoms with Crippen LogP contribution in [0.5, 0.6) is 17.2 Å². The van der Waals surface area contributed by atoms with Gasteiger partial charge in [-0.25, -0.2) is 8.42 Å². The van der Waals surface area contributed by atoms with Crippen LogP contribution >= 0.6 is 0 Å². The van der Waals surface area contributed by atoms with Gasteiger partial charge < -0.3 is 20.3 Å². The molecule has 0 radical (unpaired) electrons. The second kappa shape index (κ2) is 11.5. The summed E-state index contributed by atoms with van der Waals surface area (Å²) in [4.78, 5) is -0.602. The van der Waals surface area contributed by atoms with Crippen molar-refractivity contribution in [2.24, 2.45) is 20.5 Å². The summed E-state index contributed by atoms with van der Waals surface area (Å²) in [7, 11) is -5.30. The SMILES string of the molecule is CCS(=O)(=O)c1cc(O)c(N=Nc2ccc3c(N=Nc4ccccc4S(=O)(=O)O)c(NC)ccc3c2O)cc1OC. The number of anilines is 1. The predicted molar refractivity (Wildman–Crippen MR) is 152 cm³/mol. The Labute approximate surface area is 235 Å². The molecule has 0 aliphatic heterocycles. The van der Waals surface area contributed by atoms with E-state index < -0.39 is 30.6 Å². The van der Waals surface area contributed by atoms with Crippen LogP contribution in [0.15, 0.2) is 90.9 Å². The van der Waals surface area contributed by atoms with E-state index in [0.717, 1.165) is 6.07 Å². The third kappa shape index (κ3) is 5.96. The van der Waals surface area contributed by atoms with Crippen LogP contribution in [-0.4, -0.2) is 51.5 Å². The molecule has 0 aromatic heterocycles. The van der Waals surface area contributed by atoms with Gasteiger partial charge in [0, 0.05) is 30.0 Å². The summed E-state index contributed by atoms with van der Waals surface area (Å²) in [6.45, 7) is 1.46. The number of phenolic OH excluding ortho intramolecular Hbond substituents is 2. The number of nitrogens with one attached hydrogen (secondary N) is 1. The Morgan fingerprint density at radius 3 is 2.12 bits per heavy atom. The molecule has 0 saturated carbocycles. The summed E-state index contributed by atoms with van der Waals surface area (Å²) < 4.78 is 62.7. The molecule has 0 aliphatic rings. The third-order valence-corrected chi connectivity index (χ3v) is 8.68. The number of rotatable bonds is 9. The van der Waals surface area contributed by atoms with Crippen LogP contribution in [0.1, 0.15) is 6.92 Å². The third-order valence-electron chi connectivity index (χ3n) is 6.03. The van der Waals surface area contributed by atoms with E-state index in [9.17, 15) is 31.6 Å². The molecule has 214 valence electrons. The lowest BCUT2D eigenvalue weighted by atomic mass is 10.1. The van der Waals surface area contributed by atoms with Crippen LogP contribution < -0.4 is 10.1 Å². The molecule has 0 saturated heterocycles. The zero-order valence-electron chi connectivity index (χ0n) is 22.0. The Bertz CT molecular complexity index is 1920. The highest BCUT2D eigenvalue weighted by molar-refractivity contribution is 7.91. The first kappa shape index (κ1) is 29.4. The van der Waals surface area contributed by atoms with Gasteiger partial charge >= 0.3 is 0 Å². The minimum absolute atomic E-state index is 0.0218. The van der Waals surface area contributed by atoms with E-state index in [-0.39, 0.29) is 44.9 Å². The van der Waals surface area contributed by atoms with Gasteiger partial charge in [0.2, 0.25) is 0 Å².